The maximum absolute atomic E-state index is 14.2. The molecule has 24 heavy (non-hydrogen) atoms. The van der Waals surface area contributed by atoms with Gasteiger partial charge in [-0.3, -0.25) is 0 Å². The Hall–Kier alpha value is -2.63. The molecule has 0 radical (unpaired) electrons. The van der Waals surface area contributed by atoms with Crippen molar-refractivity contribution in [2.45, 2.75) is 0 Å². The van der Waals surface area contributed by atoms with Crippen LogP contribution in [0.2, 0.25) is 0 Å². The van der Waals surface area contributed by atoms with Crippen LogP contribution < -0.4 is 10.6 Å². The SMILES string of the molecule is C=C/C(=C\c1ccccc1)P(=O)(c1ccccc1)c1ccccc1. The van der Waals surface area contributed by atoms with E-state index in [2.05, 4.69) is 6.58 Å². The molecule has 0 aliphatic carbocycles. The van der Waals surface area contributed by atoms with Crippen molar-refractivity contribution in [2.75, 3.05) is 0 Å². The van der Waals surface area contributed by atoms with Crippen LogP contribution in [0.1, 0.15) is 5.56 Å². The molecule has 3 rings (SSSR count). The van der Waals surface area contributed by atoms with E-state index in [1.165, 1.54) is 0 Å². The Morgan fingerprint density at radius 3 is 1.54 bits per heavy atom. The zero-order valence-corrected chi connectivity index (χ0v) is 14.3. The predicted molar refractivity (Wildman–Crippen MR) is 104 cm³/mol. The van der Waals surface area contributed by atoms with Gasteiger partial charge in [0.2, 0.25) is 0 Å². The highest BCUT2D eigenvalue weighted by atomic mass is 31.2. The summed E-state index contributed by atoms with van der Waals surface area (Å²) < 4.78 is 14.2. The minimum absolute atomic E-state index is 0.742. The van der Waals surface area contributed by atoms with Crippen LogP contribution >= 0.6 is 7.14 Å². The Balaban J connectivity index is 2.23. The maximum Gasteiger partial charge on any atom is 0.171 e. The molecule has 0 fully saturated rings. The summed E-state index contributed by atoms with van der Waals surface area (Å²) in [6.07, 6.45) is 3.68. The normalized spacial score (nSPS) is 11.9. The number of hydrogen-bond acceptors (Lipinski definition) is 1. The highest BCUT2D eigenvalue weighted by Gasteiger charge is 2.30. The molecule has 2 heteroatoms. The van der Waals surface area contributed by atoms with Gasteiger partial charge in [-0.15, -0.1) is 0 Å². The van der Waals surface area contributed by atoms with Gasteiger partial charge in [-0.1, -0.05) is 104 Å². The van der Waals surface area contributed by atoms with Gasteiger partial charge in [0, 0.05) is 15.9 Å². The molecule has 0 aliphatic rings. The van der Waals surface area contributed by atoms with E-state index in [1.807, 2.05) is 97.1 Å². The third-order valence-electron chi connectivity index (χ3n) is 3.93. The monoisotopic (exact) mass is 330 g/mol. The summed E-state index contributed by atoms with van der Waals surface area (Å²) in [5.74, 6) is 0. The molecule has 0 spiro atoms. The Morgan fingerprint density at radius 1 is 0.708 bits per heavy atom. The molecule has 0 amide bonds. The van der Waals surface area contributed by atoms with Gasteiger partial charge in [-0.25, -0.2) is 0 Å². The first-order valence-corrected chi connectivity index (χ1v) is 9.57. The summed E-state index contributed by atoms with van der Waals surface area (Å²) in [6, 6.07) is 29.2. The van der Waals surface area contributed by atoms with Crippen LogP contribution in [0, 0.1) is 0 Å². The van der Waals surface area contributed by atoms with Crippen molar-refractivity contribution in [1.82, 2.24) is 0 Å². The number of allylic oxidation sites excluding steroid dienone is 2. The van der Waals surface area contributed by atoms with Crippen molar-refractivity contribution in [3.8, 4) is 0 Å². The minimum atomic E-state index is -2.96. The molecule has 0 saturated heterocycles. The fraction of sp³-hybridized carbons (Fsp3) is 0. The van der Waals surface area contributed by atoms with Crippen molar-refractivity contribution >= 4 is 23.8 Å². The first kappa shape index (κ1) is 16.2. The van der Waals surface area contributed by atoms with E-state index < -0.39 is 7.14 Å². The van der Waals surface area contributed by atoms with Gasteiger partial charge >= 0.3 is 0 Å². The lowest BCUT2D eigenvalue weighted by Gasteiger charge is -2.21. The molecule has 0 bridgehead atoms. The third-order valence-corrected chi connectivity index (χ3v) is 7.02. The van der Waals surface area contributed by atoms with Crippen LogP contribution in [0.4, 0.5) is 0 Å². The van der Waals surface area contributed by atoms with Crippen LogP contribution in [0.15, 0.2) is 109 Å². The maximum atomic E-state index is 14.2. The van der Waals surface area contributed by atoms with Crippen LogP contribution in [-0.4, -0.2) is 0 Å². The van der Waals surface area contributed by atoms with Gasteiger partial charge < -0.3 is 4.57 Å². The smallest absolute Gasteiger partial charge is 0.171 e. The Labute approximate surface area is 143 Å². The molecule has 3 aromatic carbocycles. The minimum Gasteiger partial charge on any atom is -0.309 e. The lowest BCUT2D eigenvalue weighted by atomic mass is 10.2. The van der Waals surface area contributed by atoms with Gasteiger partial charge in [0.15, 0.2) is 7.14 Å². The van der Waals surface area contributed by atoms with Crippen LogP contribution in [0.5, 0.6) is 0 Å². The van der Waals surface area contributed by atoms with E-state index in [-0.39, 0.29) is 0 Å². The molecule has 0 saturated carbocycles. The van der Waals surface area contributed by atoms with Crippen LogP contribution in [0.25, 0.3) is 6.08 Å². The lowest BCUT2D eigenvalue weighted by Crippen LogP contribution is -2.16. The van der Waals surface area contributed by atoms with Crippen molar-refractivity contribution in [3.63, 3.8) is 0 Å². The summed E-state index contributed by atoms with van der Waals surface area (Å²) >= 11 is 0. The molecule has 118 valence electrons. The molecule has 0 atom stereocenters. The first-order valence-electron chi connectivity index (χ1n) is 7.86. The summed E-state index contributed by atoms with van der Waals surface area (Å²) in [5.41, 5.74) is 1.01. The molecule has 1 nitrogen and oxygen atoms in total. The molecular formula is C22H19OP. The second-order valence-electron chi connectivity index (χ2n) is 5.46. The fourth-order valence-corrected chi connectivity index (χ4v) is 5.39. The lowest BCUT2D eigenvalue weighted by molar-refractivity contribution is 0.591. The first-order chi connectivity index (χ1) is 11.7. The quantitative estimate of drug-likeness (QED) is 0.462. The van der Waals surface area contributed by atoms with Crippen molar-refractivity contribution < 1.29 is 4.57 Å². The molecule has 0 aliphatic heterocycles. The van der Waals surface area contributed by atoms with Gasteiger partial charge in [0.25, 0.3) is 0 Å². The standard InChI is InChI=1S/C22H19OP/c1-2-20(18-19-12-6-3-7-13-19)24(23,21-14-8-4-9-15-21)22-16-10-5-11-17-22/h2-18H,1H2/b20-18+. The van der Waals surface area contributed by atoms with Crippen LogP contribution in [0.3, 0.4) is 0 Å². The second-order valence-corrected chi connectivity index (χ2v) is 8.23. The number of rotatable bonds is 5. The average Bonchev–Trinajstić information content (AvgIpc) is 2.67. The Kier molecular flexibility index (Phi) is 4.93. The molecule has 0 unspecified atom stereocenters. The van der Waals surface area contributed by atoms with E-state index in [1.54, 1.807) is 6.08 Å². The van der Waals surface area contributed by atoms with Gasteiger partial charge in [0.05, 0.1) is 0 Å². The summed E-state index contributed by atoms with van der Waals surface area (Å²) in [6.45, 7) is 3.93. The highest BCUT2D eigenvalue weighted by Crippen LogP contribution is 2.52. The molecule has 3 aromatic rings. The third kappa shape index (κ3) is 3.18. The van der Waals surface area contributed by atoms with E-state index in [4.69, 9.17) is 0 Å². The van der Waals surface area contributed by atoms with Crippen molar-refractivity contribution in [2.24, 2.45) is 0 Å². The van der Waals surface area contributed by atoms with Crippen molar-refractivity contribution in [1.29, 1.82) is 0 Å². The van der Waals surface area contributed by atoms with E-state index in [0.717, 1.165) is 21.5 Å². The number of benzene rings is 3. The predicted octanol–water partition coefficient (Wildman–Crippen LogP) is 5.23. The van der Waals surface area contributed by atoms with Gasteiger partial charge in [0.1, 0.15) is 0 Å². The summed E-state index contributed by atoms with van der Waals surface area (Å²) in [5, 5.41) is 2.38. The van der Waals surface area contributed by atoms with Gasteiger partial charge in [-0.05, 0) is 11.6 Å². The van der Waals surface area contributed by atoms with E-state index >= 15 is 0 Å². The zero-order chi connectivity index (χ0) is 16.8. The summed E-state index contributed by atoms with van der Waals surface area (Å²) in [7, 11) is -2.96. The van der Waals surface area contributed by atoms with E-state index in [9.17, 15) is 4.57 Å². The fourth-order valence-electron chi connectivity index (χ4n) is 2.72. The average molecular weight is 330 g/mol. The molecule has 0 aromatic heterocycles. The van der Waals surface area contributed by atoms with Crippen molar-refractivity contribution in [3.05, 3.63) is 115 Å². The van der Waals surface area contributed by atoms with E-state index in [0.29, 0.717) is 0 Å². The Bertz CT molecular complexity index is 838. The van der Waals surface area contributed by atoms with Crippen LogP contribution in [-0.2, 0) is 4.57 Å². The topological polar surface area (TPSA) is 17.1 Å². The largest absolute Gasteiger partial charge is 0.309 e. The zero-order valence-electron chi connectivity index (χ0n) is 13.4. The molecule has 0 N–H and O–H groups in total. The van der Waals surface area contributed by atoms with Gasteiger partial charge in [-0.2, -0.15) is 0 Å². The molecular weight excluding hydrogens is 311 g/mol. The molecule has 0 heterocycles. The Morgan fingerprint density at radius 2 is 1.12 bits per heavy atom. The summed E-state index contributed by atoms with van der Waals surface area (Å²) in [4.78, 5) is 0. The number of hydrogen-bond donors (Lipinski definition) is 0. The second kappa shape index (κ2) is 7.29. The highest BCUT2D eigenvalue weighted by molar-refractivity contribution is 7.82.